The first kappa shape index (κ1) is 11.5. The molecule has 0 radical (unpaired) electrons. The van der Waals surface area contributed by atoms with E-state index in [0.717, 1.165) is 4.68 Å². The van der Waals surface area contributed by atoms with Gasteiger partial charge < -0.3 is 5.32 Å². The van der Waals surface area contributed by atoms with E-state index in [9.17, 15) is 13.2 Å². The fourth-order valence-electron chi connectivity index (χ4n) is 1.38. The van der Waals surface area contributed by atoms with Crippen molar-refractivity contribution in [2.45, 2.75) is 6.54 Å². The molecular formula is C9H8F3N5. The number of hydrogen-bond donors (Lipinski definition) is 1. The molecule has 0 saturated heterocycles. The third kappa shape index (κ3) is 2.11. The van der Waals surface area contributed by atoms with Gasteiger partial charge in [-0.05, 0) is 17.5 Å². The Morgan fingerprint density at radius 3 is 2.47 bits per heavy atom. The third-order valence-corrected chi connectivity index (χ3v) is 2.06. The van der Waals surface area contributed by atoms with Crippen LogP contribution in [0.25, 0.3) is 5.69 Å². The largest absolute Gasteiger partial charge is 0.313 e. The first-order valence-electron chi connectivity index (χ1n) is 4.70. The summed E-state index contributed by atoms with van der Waals surface area (Å²) in [6, 6.07) is 1.15. The van der Waals surface area contributed by atoms with Gasteiger partial charge in [-0.15, -0.1) is 5.10 Å². The van der Waals surface area contributed by atoms with E-state index < -0.39 is 23.1 Å². The number of benzene rings is 1. The maximum absolute atomic E-state index is 13.5. The van der Waals surface area contributed by atoms with E-state index in [1.807, 2.05) is 0 Å². The molecule has 0 atom stereocenters. The van der Waals surface area contributed by atoms with Crippen LogP contribution >= 0.6 is 0 Å². The SMILES string of the molecule is CNCc1nnnn1-c1c(F)cc(F)cc1F. The lowest BCUT2D eigenvalue weighted by Gasteiger charge is -2.06. The molecule has 0 aliphatic rings. The van der Waals surface area contributed by atoms with Crippen LogP contribution in [0.15, 0.2) is 12.1 Å². The second-order valence-corrected chi connectivity index (χ2v) is 3.26. The van der Waals surface area contributed by atoms with Gasteiger partial charge in [0, 0.05) is 12.1 Å². The van der Waals surface area contributed by atoms with Gasteiger partial charge in [-0.25, -0.2) is 13.2 Å². The molecule has 1 heterocycles. The number of aromatic nitrogens is 4. The Morgan fingerprint density at radius 2 is 1.88 bits per heavy atom. The number of rotatable bonds is 3. The van der Waals surface area contributed by atoms with Crippen molar-refractivity contribution in [3.63, 3.8) is 0 Å². The molecule has 1 aromatic heterocycles. The molecular weight excluding hydrogens is 235 g/mol. The molecule has 0 bridgehead atoms. The lowest BCUT2D eigenvalue weighted by molar-refractivity contribution is 0.521. The second kappa shape index (κ2) is 4.50. The van der Waals surface area contributed by atoms with Gasteiger partial charge in [0.1, 0.15) is 11.5 Å². The van der Waals surface area contributed by atoms with E-state index in [-0.39, 0.29) is 12.4 Å². The zero-order valence-electron chi connectivity index (χ0n) is 8.78. The molecule has 0 unspecified atom stereocenters. The Kier molecular flexibility index (Phi) is 3.05. The van der Waals surface area contributed by atoms with Gasteiger partial charge in [0.15, 0.2) is 17.5 Å². The molecule has 5 nitrogen and oxygen atoms in total. The van der Waals surface area contributed by atoms with Gasteiger partial charge >= 0.3 is 0 Å². The predicted molar refractivity (Wildman–Crippen MR) is 51.8 cm³/mol. The Hall–Kier alpha value is -1.96. The number of tetrazole rings is 1. The summed E-state index contributed by atoms with van der Waals surface area (Å²) in [6.45, 7) is 0.225. The molecule has 8 heteroatoms. The van der Waals surface area contributed by atoms with Gasteiger partial charge in [0.2, 0.25) is 0 Å². The predicted octanol–water partition coefficient (Wildman–Crippen LogP) is 0.799. The van der Waals surface area contributed by atoms with Crippen molar-refractivity contribution < 1.29 is 13.2 Å². The van der Waals surface area contributed by atoms with Crippen LogP contribution in [-0.4, -0.2) is 27.3 Å². The number of halogens is 3. The van der Waals surface area contributed by atoms with Gasteiger partial charge in [-0.3, -0.25) is 0 Å². The van der Waals surface area contributed by atoms with E-state index in [4.69, 9.17) is 0 Å². The summed E-state index contributed by atoms with van der Waals surface area (Å²) in [5, 5.41) is 13.1. The number of hydrogen-bond acceptors (Lipinski definition) is 4. The van der Waals surface area contributed by atoms with Crippen LogP contribution in [0.1, 0.15) is 5.82 Å². The highest BCUT2D eigenvalue weighted by molar-refractivity contribution is 5.35. The topological polar surface area (TPSA) is 55.6 Å². The Labute approximate surface area is 94.2 Å². The Bertz CT molecular complexity index is 516. The van der Waals surface area contributed by atoms with Crippen molar-refractivity contribution in [3.8, 4) is 5.69 Å². The first-order valence-corrected chi connectivity index (χ1v) is 4.70. The molecule has 1 N–H and O–H groups in total. The fourth-order valence-corrected chi connectivity index (χ4v) is 1.38. The van der Waals surface area contributed by atoms with Gasteiger partial charge in [-0.2, -0.15) is 4.68 Å². The zero-order valence-corrected chi connectivity index (χ0v) is 8.78. The van der Waals surface area contributed by atoms with Crippen LogP contribution in [-0.2, 0) is 6.54 Å². The van der Waals surface area contributed by atoms with E-state index >= 15 is 0 Å². The summed E-state index contributed by atoms with van der Waals surface area (Å²) in [6.07, 6.45) is 0. The lowest BCUT2D eigenvalue weighted by Crippen LogP contribution is -2.14. The maximum Gasteiger partial charge on any atom is 0.170 e. The zero-order chi connectivity index (χ0) is 12.4. The molecule has 0 saturated carbocycles. The molecule has 90 valence electrons. The smallest absolute Gasteiger partial charge is 0.170 e. The van der Waals surface area contributed by atoms with Crippen LogP contribution in [0.5, 0.6) is 0 Å². The summed E-state index contributed by atoms with van der Waals surface area (Å²) in [5.41, 5.74) is -0.498. The van der Waals surface area contributed by atoms with Gasteiger partial charge in [0.05, 0.1) is 6.54 Å². The van der Waals surface area contributed by atoms with Gasteiger partial charge in [0.25, 0.3) is 0 Å². The van der Waals surface area contributed by atoms with E-state index in [1.54, 1.807) is 7.05 Å². The van der Waals surface area contributed by atoms with Crippen molar-refractivity contribution >= 4 is 0 Å². The standard InChI is InChI=1S/C9H8F3N5/c1-13-4-8-14-15-16-17(8)9-6(11)2-5(10)3-7(9)12/h2-3,13H,4H2,1H3. The first-order chi connectivity index (χ1) is 8.13. The van der Waals surface area contributed by atoms with E-state index in [2.05, 4.69) is 20.8 Å². The van der Waals surface area contributed by atoms with Crippen molar-refractivity contribution in [1.29, 1.82) is 0 Å². The summed E-state index contributed by atoms with van der Waals surface area (Å²) in [4.78, 5) is 0. The highest BCUT2D eigenvalue weighted by Crippen LogP contribution is 2.19. The van der Waals surface area contributed by atoms with Crippen LogP contribution in [0.3, 0.4) is 0 Å². The molecule has 0 aliphatic heterocycles. The minimum absolute atomic E-state index is 0.219. The van der Waals surface area contributed by atoms with Crippen LogP contribution in [0, 0.1) is 17.5 Å². The minimum atomic E-state index is -1.06. The highest BCUT2D eigenvalue weighted by atomic mass is 19.1. The monoisotopic (exact) mass is 243 g/mol. The molecule has 17 heavy (non-hydrogen) atoms. The van der Waals surface area contributed by atoms with E-state index in [0.29, 0.717) is 12.1 Å². The molecule has 1 aromatic carbocycles. The molecule has 2 rings (SSSR count). The Balaban J connectivity index is 2.56. The van der Waals surface area contributed by atoms with Crippen molar-refractivity contribution in [2.75, 3.05) is 7.05 Å². The minimum Gasteiger partial charge on any atom is -0.313 e. The van der Waals surface area contributed by atoms with Gasteiger partial charge in [-0.1, -0.05) is 0 Å². The van der Waals surface area contributed by atoms with Crippen LogP contribution in [0.4, 0.5) is 13.2 Å². The second-order valence-electron chi connectivity index (χ2n) is 3.26. The molecule has 0 amide bonds. The summed E-state index contributed by atoms with van der Waals surface area (Å²) in [7, 11) is 1.64. The molecule has 0 spiro atoms. The van der Waals surface area contributed by atoms with Crippen molar-refractivity contribution in [3.05, 3.63) is 35.4 Å². The third-order valence-electron chi connectivity index (χ3n) is 2.06. The fraction of sp³-hybridized carbons (Fsp3) is 0.222. The molecule has 2 aromatic rings. The quantitative estimate of drug-likeness (QED) is 0.866. The molecule has 0 fully saturated rings. The maximum atomic E-state index is 13.5. The highest BCUT2D eigenvalue weighted by Gasteiger charge is 2.17. The number of nitrogens with one attached hydrogen (secondary N) is 1. The van der Waals surface area contributed by atoms with Crippen molar-refractivity contribution in [1.82, 2.24) is 25.5 Å². The molecule has 0 aliphatic carbocycles. The average molecular weight is 243 g/mol. The van der Waals surface area contributed by atoms with E-state index in [1.165, 1.54) is 0 Å². The van der Waals surface area contributed by atoms with Crippen LogP contribution in [0.2, 0.25) is 0 Å². The average Bonchev–Trinajstić information content (AvgIpc) is 2.65. The summed E-state index contributed by atoms with van der Waals surface area (Å²) < 4.78 is 40.6. The normalized spacial score (nSPS) is 10.8. The summed E-state index contributed by atoms with van der Waals surface area (Å²) >= 11 is 0. The lowest BCUT2D eigenvalue weighted by atomic mass is 10.3. The Morgan fingerprint density at radius 1 is 1.24 bits per heavy atom. The number of nitrogens with zero attached hydrogens (tertiary/aromatic N) is 4. The summed E-state index contributed by atoms with van der Waals surface area (Å²) in [5.74, 6) is -2.90. The van der Waals surface area contributed by atoms with Crippen molar-refractivity contribution in [2.24, 2.45) is 0 Å². The van der Waals surface area contributed by atoms with Crippen LogP contribution < -0.4 is 5.32 Å².